The molecular formula is C26H27ClN3NaO4. The van der Waals surface area contributed by atoms with Gasteiger partial charge >= 0.3 is 29.6 Å². The van der Waals surface area contributed by atoms with E-state index in [1.807, 2.05) is 29.2 Å². The van der Waals surface area contributed by atoms with Crippen LogP contribution in [-0.2, 0) is 16.1 Å². The van der Waals surface area contributed by atoms with Gasteiger partial charge in [0.05, 0.1) is 0 Å². The minimum absolute atomic E-state index is 0. The summed E-state index contributed by atoms with van der Waals surface area (Å²) < 4.78 is 0. The van der Waals surface area contributed by atoms with E-state index in [0.29, 0.717) is 22.8 Å². The number of hydrogen-bond acceptors (Lipinski definition) is 5. The van der Waals surface area contributed by atoms with Crippen LogP contribution in [0.4, 0.5) is 0 Å². The number of benzene rings is 2. The average Bonchev–Trinajstić information content (AvgIpc) is 3.08. The van der Waals surface area contributed by atoms with Crippen LogP contribution in [0.2, 0.25) is 5.02 Å². The van der Waals surface area contributed by atoms with Crippen LogP contribution in [-0.4, -0.2) is 40.6 Å². The van der Waals surface area contributed by atoms with Crippen molar-refractivity contribution in [1.29, 1.82) is 0 Å². The van der Waals surface area contributed by atoms with Gasteiger partial charge in [-0.3, -0.25) is 14.6 Å². The van der Waals surface area contributed by atoms with E-state index in [1.54, 1.807) is 24.3 Å². The van der Waals surface area contributed by atoms with Crippen molar-refractivity contribution >= 4 is 35.1 Å². The summed E-state index contributed by atoms with van der Waals surface area (Å²) in [7, 11) is 0. The molecule has 2 aliphatic rings. The summed E-state index contributed by atoms with van der Waals surface area (Å²) in [5, 5.41) is 13.6. The molecule has 9 heteroatoms. The van der Waals surface area contributed by atoms with Gasteiger partial charge in [-0.2, -0.15) is 0 Å². The van der Waals surface area contributed by atoms with Crippen molar-refractivity contribution in [2.24, 2.45) is 10.9 Å². The third kappa shape index (κ3) is 5.97. The van der Waals surface area contributed by atoms with Crippen LogP contribution in [0.3, 0.4) is 0 Å². The Balaban J connectivity index is 0.00000342. The van der Waals surface area contributed by atoms with Gasteiger partial charge in [-0.05, 0) is 55.0 Å². The van der Waals surface area contributed by atoms with E-state index >= 15 is 0 Å². The van der Waals surface area contributed by atoms with Gasteiger partial charge < -0.3 is 20.1 Å². The molecule has 2 aromatic carbocycles. The average molecular weight is 504 g/mol. The topological polar surface area (TPSA) is 102 Å². The predicted octanol–water partition coefficient (Wildman–Crippen LogP) is -0.0483. The van der Waals surface area contributed by atoms with Gasteiger partial charge in [0, 0.05) is 41.6 Å². The molecule has 1 N–H and O–H groups in total. The Morgan fingerprint density at radius 3 is 2.60 bits per heavy atom. The molecule has 35 heavy (non-hydrogen) atoms. The number of carbonyl (C=O) groups is 3. The van der Waals surface area contributed by atoms with Crippen molar-refractivity contribution in [2.45, 2.75) is 51.2 Å². The molecule has 0 saturated heterocycles. The van der Waals surface area contributed by atoms with Crippen molar-refractivity contribution in [2.75, 3.05) is 6.54 Å². The van der Waals surface area contributed by atoms with E-state index in [4.69, 9.17) is 16.6 Å². The van der Waals surface area contributed by atoms with Gasteiger partial charge in [-0.15, -0.1) is 0 Å². The Labute approximate surface area is 232 Å². The van der Waals surface area contributed by atoms with Crippen molar-refractivity contribution < 1.29 is 49.0 Å². The molecule has 2 atom stereocenters. The van der Waals surface area contributed by atoms with Crippen LogP contribution in [0.5, 0.6) is 0 Å². The predicted molar refractivity (Wildman–Crippen MR) is 127 cm³/mol. The Bertz CT molecular complexity index is 1140. The number of carbonyl (C=O) groups excluding carboxylic acids is 3. The molecule has 2 aromatic rings. The van der Waals surface area contributed by atoms with Gasteiger partial charge in [0.1, 0.15) is 11.4 Å². The molecule has 1 saturated carbocycles. The van der Waals surface area contributed by atoms with Crippen LogP contribution in [0.25, 0.3) is 0 Å². The van der Waals surface area contributed by atoms with Gasteiger partial charge in [0.15, 0.2) is 0 Å². The van der Waals surface area contributed by atoms with E-state index in [9.17, 15) is 19.5 Å². The Morgan fingerprint density at radius 2 is 1.94 bits per heavy atom. The first-order valence-electron chi connectivity index (χ1n) is 11.5. The number of carboxylic acids is 1. The third-order valence-electron chi connectivity index (χ3n) is 6.71. The Morgan fingerprint density at radius 1 is 1.20 bits per heavy atom. The molecule has 0 bridgehead atoms. The summed E-state index contributed by atoms with van der Waals surface area (Å²) in [4.78, 5) is 43.3. The smallest absolute Gasteiger partial charge is 0.550 e. The quantitative estimate of drug-likeness (QED) is 0.535. The number of rotatable bonds is 7. The Kier molecular flexibility index (Phi) is 9.16. The molecule has 0 radical (unpaired) electrons. The monoisotopic (exact) mass is 503 g/mol. The van der Waals surface area contributed by atoms with Gasteiger partial charge in [0.25, 0.3) is 11.8 Å². The van der Waals surface area contributed by atoms with Crippen LogP contribution in [0.15, 0.2) is 53.5 Å². The number of aliphatic imine (C=N–C) groups is 1. The second-order valence-corrected chi connectivity index (χ2v) is 9.40. The molecule has 1 aliphatic carbocycles. The van der Waals surface area contributed by atoms with Crippen molar-refractivity contribution in [3.05, 3.63) is 70.2 Å². The van der Waals surface area contributed by atoms with Gasteiger partial charge in [0.2, 0.25) is 0 Å². The van der Waals surface area contributed by atoms with Crippen molar-refractivity contribution in [3.8, 4) is 0 Å². The summed E-state index contributed by atoms with van der Waals surface area (Å²) in [6, 6.07) is 14.2. The molecule has 2 amide bonds. The normalized spacial score (nSPS) is 21.4. The molecule has 1 fully saturated rings. The summed E-state index contributed by atoms with van der Waals surface area (Å²) >= 11 is 6.19. The maximum absolute atomic E-state index is 13.6. The van der Waals surface area contributed by atoms with Crippen molar-refractivity contribution in [3.63, 3.8) is 0 Å². The molecule has 4 rings (SSSR count). The van der Waals surface area contributed by atoms with Crippen LogP contribution < -0.4 is 40.0 Å². The zero-order valence-electron chi connectivity index (χ0n) is 20.1. The van der Waals surface area contributed by atoms with Gasteiger partial charge in [-0.25, -0.2) is 0 Å². The van der Waals surface area contributed by atoms with Crippen LogP contribution >= 0.6 is 11.6 Å². The summed E-state index contributed by atoms with van der Waals surface area (Å²) in [5.74, 6) is -1.46. The molecular weight excluding hydrogens is 477 g/mol. The summed E-state index contributed by atoms with van der Waals surface area (Å²) in [5.41, 5.74) is 1.89. The van der Waals surface area contributed by atoms with E-state index in [0.717, 1.165) is 36.8 Å². The number of carboxylic acid groups (broad SMARTS) is 1. The van der Waals surface area contributed by atoms with Crippen molar-refractivity contribution in [1.82, 2.24) is 10.2 Å². The first-order chi connectivity index (χ1) is 16.3. The minimum atomic E-state index is -1.21. The zero-order valence-corrected chi connectivity index (χ0v) is 22.8. The number of nitrogens with zero attached hydrogens (tertiary/aromatic N) is 2. The number of nitrogens with one attached hydrogen (secondary N) is 1. The fourth-order valence-electron chi connectivity index (χ4n) is 4.84. The summed E-state index contributed by atoms with van der Waals surface area (Å²) in [6.45, 7) is 2.54. The fraction of sp³-hybridized carbons (Fsp3) is 0.385. The SMILES string of the molecule is CC1CCCCC12N=C(c1cccc(Cl)c1)C(=O)N2Cc1ccc(C(=O)NCCC(=O)[O-])cc1.[Na+]. The number of hydrogen-bond donors (Lipinski definition) is 1. The fourth-order valence-corrected chi connectivity index (χ4v) is 5.03. The number of amides is 2. The molecule has 7 nitrogen and oxygen atoms in total. The number of aliphatic carboxylic acids is 1. The van der Waals surface area contributed by atoms with E-state index in [-0.39, 0.29) is 60.3 Å². The maximum atomic E-state index is 13.6. The third-order valence-corrected chi connectivity index (χ3v) is 6.95. The van der Waals surface area contributed by atoms with E-state index < -0.39 is 11.6 Å². The Hall–Kier alpha value is -2.19. The standard InChI is InChI=1S/C26H28ClN3O4.Na/c1-17-5-2-3-13-26(17)29-23(20-6-4-7-21(27)15-20)25(34)30(26)16-18-8-10-19(11-9-18)24(33)28-14-12-22(31)32;/h4,6-11,15,17H,2-3,5,12-14,16H2,1H3,(H,28,33)(H,31,32);/q;+1/p-1. The second kappa shape index (κ2) is 11.7. The first kappa shape index (κ1) is 27.4. The van der Waals surface area contributed by atoms with E-state index in [2.05, 4.69) is 12.2 Å². The largest absolute Gasteiger partial charge is 1.00 e. The molecule has 178 valence electrons. The zero-order chi connectivity index (χ0) is 24.3. The maximum Gasteiger partial charge on any atom is 1.00 e. The molecule has 0 aromatic heterocycles. The van der Waals surface area contributed by atoms with Crippen LogP contribution in [0.1, 0.15) is 60.5 Å². The first-order valence-corrected chi connectivity index (χ1v) is 11.9. The van der Waals surface area contributed by atoms with Gasteiger partial charge in [-0.1, -0.05) is 49.2 Å². The summed E-state index contributed by atoms with van der Waals surface area (Å²) in [6.07, 6.45) is 3.69. The molecule has 1 heterocycles. The second-order valence-electron chi connectivity index (χ2n) is 8.96. The molecule has 1 aliphatic heterocycles. The number of halogens is 1. The minimum Gasteiger partial charge on any atom is -0.550 e. The molecule has 1 spiro atoms. The van der Waals surface area contributed by atoms with E-state index in [1.165, 1.54) is 0 Å². The van der Waals surface area contributed by atoms with Crippen LogP contribution in [0, 0.1) is 5.92 Å². The molecule has 2 unspecified atom stereocenters.